The van der Waals surface area contributed by atoms with Crippen molar-refractivity contribution in [3.8, 4) is 0 Å². The monoisotopic (exact) mass is 284 g/mol. The summed E-state index contributed by atoms with van der Waals surface area (Å²) in [4.78, 5) is 18.3. The Balaban J connectivity index is 1.99. The lowest BCUT2D eigenvalue weighted by atomic mass is 10.1. The Bertz CT molecular complexity index is 433. The van der Waals surface area contributed by atoms with Gasteiger partial charge in [-0.2, -0.15) is 4.37 Å². The van der Waals surface area contributed by atoms with Crippen molar-refractivity contribution in [3.63, 3.8) is 0 Å². The molecule has 7 heteroatoms. The van der Waals surface area contributed by atoms with Crippen LogP contribution in [0.15, 0.2) is 0 Å². The van der Waals surface area contributed by atoms with Gasteiger partial charge < -0.3 is 15.3 Å². The lowest BCUT2D eigenvalue weighted by molar-refractivity contribution is -0.134. The van der Waals surface area contributed by atoms with Crippen LogP contribution in [0, 0.1) is 0 Å². The second-order valence-corrected chi connectivity index (χ2v) is 5.75. The first-order valence-corrected chi connectivity index (χ1v) is 7.39. The van der Waals surface area contributed by atoms with E-state index in [-0.39, 0.29) is 18.6 Å². The number of hydrogen-bond acceptors (Lipinski definition) is 6. The first-order chi connectivity index (χ1) is 9.11. The summed E-state index contributed by atoms with van der Waals surface area (Å²) >= 11 is 1.30. The van der Waals surface area contributed by atoms with Crippen molar-refractivity contribution in [3.05, 3.63) is 5.82 Å². The summed E-state index contributed by atoms with van der Waals surface area (Å²) < 4.78 is 4.26. The summed E-state index contributed by atoms with van der Waals surface area (Å²) in [6.07, 6.45) is 1.75. The van der Waals surface area contributed by atoms with Gasteiger partial charge >= 0.3 is 0 Å². The number of aliphatic hydroxyl groups excluding tert-OH is 1. The maximum absolute atomic E-state index is 12.2. The summed E-state index contributed by atoms with van der Waals surface area (Å²) in [6.45, 7) is 5.23. The number of nitrogens with one attached hydrogen (secondary N) is 1. The molecule has 6 nitrogen and oxygen atoms in total. The number of piperidine rings is 1. The van der Waals surface area contributed by atoms with Crippen LogP contribution in [0.5, 0.6) is 0 Å². The van der Waals surface area contributed by atoms with Gasteiger partial charge in [0.05, 0.1) is 6.61 Å². The van der Waals surface area contributed by atoms with Gasteiger partial charge in [-0.25, -0.2) is 4.98 Å². The van der Waals surface area contributed by atoms with Gasteiger partial charge in [-0.05, 0) is 12.8 Å². The number of likely N-dealkylation sites (tertiary alicyclic amines) is 1. The Morgan fingerprint density at radius 1 is 1.58 bits per heavy atom. The highest BCUT2D eigenvalue weighted by molar-refractivity contribution is 7.09. The van der Waals surface area contributed by atoms with E-state index in [2.05, 4.69) is 14.7 Å². The molecule has 0 bridgehead atoms. The van der Waals surface area contributed by atoms with Crippen LogP contribution in [0.2, 0.25) is 0 Å². The van der Waals surface area contributed by atoms with Crippen molar-refractivity contribution in [2.45, 2.75) is 38.6 Å². The van der Waals surface area contributed by atoms with Crippen molar-refractivity contribution < 1.29 is 9.90 Å². The topological polar surface area (TPSA) is 78.4 Å². The predicted molar refractivity (Wildman–Crippen MR) is 74.3 cm³/mol. The first-order valence-electron chi connectivity index (χ1n) is 6.61. The van der Waals surface area contributed by atoms with E-state index in [1.165, 1.54) is 11.5 Å². The molecule has 0 unspecified atom stereocenters. The summed E-state index contributed by atoms with van der Waals surface area (Å²) in [6, 6.07) is -0.242. The van der Waals surface area contributed by atoms with Gasteiger partial charge in [-0.15, -0.1) is 0 Å². The largest absolute Gasteiger partial charge is 0.395 e. The summed E-state index contributed by atoms with van der Waals surface area (Å²) in [7, 11) is 0. The second-order valence-electron chi connectivity index (χ2n) is 5.00. The Morgan fingerprint density at radius 2 is 2.37 bits per heavy atom. The molecule has 0 radical (unpaired) electrons. The molecule has 1 aromatic rings. The Hall–Kier alpha value is -1.21. The van der Waals surface area contributed by atoms with E-state index in [1.807, 2.05) is 13.8 Å². The Labute approximate surface area is 117 Å². The zero-order chi connectivity index (χ0) is 13.8. The SMILES string of the molecule is CC(C)c1nsc(N[C@H]2CCCN(CCO)C2=O)n1. The van der Waals surface area contributed by atoms with E-state index in [1.54, 1.807) is 4.90 Å². The molecule has 1 atom stereocenters. The number of carbonyl (C=O) groups excluding carboxylic acids is 1. The van der Waals surface area contributed by atoms with Crippen LogP contribution in [0.3, 0.4) is 0 Å². The van der Waals surface area contributed by atoms with Gasteiger partial charge in [0.25, 0.3) is 0 Å². The van der Waals surface area contributed by atoms with Crippen LogP contribution in [0.25, 0.3) is 0 Å². The van der Waals surface area contributed by atoms with Gasteiger partial charge in [-0.1, -0.05) is 13.8 Å². The molecule has 2 heterocycles. The fraction of sp³-hybridized carbons (Fsp3) is 0.750. The summed E-state index contributed by atoms with van der Waals surface area (Å²) in [5, 5.41) is 12.8. The van der Waals surface area contributed by atoms with E-state index < -0.39 is 0 Å². The molecule has 2 rings (SSSR count). The Morgan fingerprint density at radius 3 is 3.00 bits per heavy atom. The number of carbonyl (C=O) groups is 1. The van der Waals surface area contributed by atoms with Gasteiger partial charge in [-0.3, -0.25) is 4.79 Å². The molecule has 1 aromatic heterocycles. The molecule has 1 fully saturated rings. The highest BCUT2D eigenvalue weighted by Crippen LogP contribution is 2.21. The van der Waals surface area contributed by atoms with Gasteiger partial charge in [0.2, 0.25) is 11.0 Å². The molecular weight excluding hydrogens is 264 g/mol. The number of aliphatic hydroxyl groups is 1. The van der Waals surface area contributed by atoms with Crippen molar-refractivity contribution in [2.75, 3.05) is 25.0 Å². The number of nitrogens with zero attached hydrogens (tertiary/aromatic N) is 3. The number of hydrogen-bond donors (Lipinski definition) is 2. The molecule has 0 spiro atoms. The number of amides is 1. The average Bonchev–Trinajstić information content (AvgIpc) is 2.83. The Kier molecular flexibility index (Phi) is 4.71. The van der Waals surface area contributed by atoms with Crippen LogP contribution >= 0.6 is 11.5 Å². The maximum Gasteiger partial charge on any atom is 0.245 e. The third-order valence-electron chi connectivity index (χ3n) is 3.16. The molecular formula is C12H20N4O2S. The minimum Gasteiger partial charge on any atom is -0.395 e. The average molecular weight is 284 g/mol. The van der Waals surface area contributed by atoms with Crippen molar-refractivity contribution >= 4 is 22.6 Å². The second kappa shape index (κ2) is 6.29. The zero-order valence-electron chi connectivity index (χ0n) is 11.3. The molecule has 1 saturated heterocycles. The molecule has 19 heavy (non-hydrogen) atoms. The zero-order valence-corrected chi connectivity index (χ0v) is 12.1. The molecule has 1 aliphatic rings. The molecule has 0 aromatic carbocycles. The fourth-order valence-electron chi connectivity index (χ4n) is 2.09. The molecule has 106 valence electrons. The van der Waals surface area contributed by atoms with E-state index in [9.17, 15) is 4.79 Å². The molecule has 1 amide bonds. The van der Waals surface area contributed by atoms with Crippen LogP contribution in [-0.2, 0) is 4.79 Å². The van der Waals surface area contributed by atoms with E-state index in [0.717, 1.165) is 25.2 Å². The highest BCUT2D eigenvalue weighted by Gasteiger charge is 2.28. The van der Waals surface area contributed by atoms with Crippen LogP contribution in [0.4, 0.5) is 5.13 Å². The highest BCUT2D eigenvalue weighted by atomic mass is 32.1. The van der Waals surface area contributed by atoms with Gasteiger partial charge in [0, 0.05) is 30.5 Å². The standard InChI is InChI=1S/C12H20N4O2S/c1-8(2)10-14-12(19-15-10)13-9-4-3-5-16(6-7-17)11(9)18/h8-9,17H,3-7H2,1-2H3,(H,13,14,15)/t9-/m0/s1. The third kappa shape index (κ3) is 3.42. The van der Waals surface area contributed by atoms with Crippen LogP contribution < -0.4 is 5.32 Å². The third-order valence-corrected chi connectivity index (χ3v) is 3.82. The molecule has 1 aliphatic heterocycles. The first kappa shape index (κ1) is 14.2. The minimum atomic E-state index is -0.242. The van der Waals surface area contributed by atoms with Crippen molar-refractivity contribution in [1.29, 1.82) is 0 Å². The summed E-state index contributed by atoms with van der Waals surface area (Å²) in [5.41, 5.74) is 0. The smallest absolute Gasteiger partial charge is 0.245 e. The quantitative estimate of drug-likeness (QED) is 0.845. The lowest BCUT2D eigenvalue weighted by Crippen LogP contribution is -2.48. The molecule has 2 N–H and O–H groups in total. The van der Waals surface area contributed by atoms with Crippen molar-refractivity contribution in [1.82, 2.24) is 14.3 Å². The lowest BCUT2D eigenvalue weighted by Gasteiger charge is -2.32. The summed E-state index contributed by atoms with van der Waals surface area (Å²) in [5.74, 6) is 1.14. The van der Waals surface area contributed by atoms with Crippen LogP contribution in [0.1, 0.15) is 38.4 Å². The predicted octanol–water partition coefficient (Wildman–Crippen LogP) is 1.06. The normalized spacial score (nSPS) is 20.1. The maximum atomic E-state index is 12.2. The fourth-order valence-corrected chi connectivity index (χ4v) is 2.85. The van der Waals surface area contributed by atoms with E-state index in [4.69, 9.17) is 5.11 Å². The number of aromatic nitrogens is 2. The van der Waals surface area contributed by atoms with E-state index >= 15 is 0 Å². The number of rotatable bonds is 5. The minimum absolute atomic E-state index is 0.00870. The number of anilines is 1. The number of β-amino-alcohol motifs (C(OH)–C–C–N with tert-alkyl or cyclic N) is 1. The van der Waals surface area contributed by atoms with Gasteiger partial charge in [0.1, 0.15) is 11.9 Å². The van der Waals surface area contributed by atoms with Crippen molar-refractivity contribution in [2.24, 2.45) is 0 Å². The van der Waals surface area contributed by atoms with Crippen LogP contribution in [-0.4, -0.2) is 51.0 Å². The molecule has 0 saturated carbocycles. The van der Waals surface area contributed by atoms with Gasteiger partial charge in [0.15, 0.2) is 0 Å². The van der Waals surface area contributed by atoms with E-state index in [0.29, 0.717) is 17.6 Å². The molecule has 0 aliphatic carbocycles.